The molecule has 5 heteroatoms. The van der Waals surface area contributed by atoms with Crippen molar-refractivity contribution in [2.24, 2.45) is 5.73 Å². The minimum Gasteiger partial charge on any atom is -0.327 e. The zero-order valence-electron chi connectivity index (χ0n) is 14.6. The Morgan fingerprint density at radius 3 is 2.88 bits per heavy atom. The highest BCUT2D eigenvalue weighted by atomic mass is 32.1. The summed E-state index contributed by atoms with van der Waals surface area (Å²) in [4.78, 5) is 21.5. The largest absolute Gasteiger partial charge is 0.327 e. The van der Waals surface area contributed by atoms with Crippen LogP contribution in [0.2, 0.25) is 0 Å². The van der Waals surface area contributed by atoms with Gasteiger partial charge in [-0.3, -0.25) is 4.79 Å². The molecule has 0 aliphatic heterocycles. The third-order valence-corrected chi connectivity index (χ3v) is 6.37. The van der Waals surface area contributed by atoms with Gasteiger partial charge in [0, 0.05) is 16.3 Å². The van der Waals surface area contributed by atoms with Crippen molar-refractivity contribution in [3.8, 4) is 0 Å². The van der Waals surface area contributed by atoms with Gasteiger partial charge in [0.25, 0.3) is 5.56 Å². The maximum absolute atomic E-state index is 12.6. The van der Waals surface area contributed by atoms with E-state index in [0.717, 1.165) is 47.5 Å². The normalized spacial score (nSPS) is 24.1. The number of rotatable bonds is 3. The van der Waals surface area contributed by atoms with Gasteiger partial charge in [-0.25, -0.2) is 4.98 Å². The van der Waals surface area contributed by atoms with Crippen LogP contribution in [0.4, 0.5) is 0 Å². The lowest BCUT2D eigenvalue weighted by Crippen LogP contribution is -2.47. The number of fused-ring (bicyclic) bond motifs is 1. The van der Waals surface area contributed by atoms with E-state index in [-0.39, 0.29) is 17.0 Å². The van der Waals surface area contributed by atoms with E-state index >= 15 is 0 Å². The molecule has 0 unspecified atom stereocenters. The molecular weight excluding hydrogens is 318 g/mol. The molecule has 1 saturated carbocycles. The topological polar surface area (TPSA) is 71.8 Å². The highest BCUT2D eigenvalue weighted by molar-refractivity contribution is 7.20. The Hall–Kier alpha value is -1.72. The first-order valence-electron chi connectivity index (χ1n) is 8.47. The Kier molecular flexibility index (Phi) is 4.49. The summed E-state index contributed by atoms with van der Waals surface area (Å²) in [5.74, 6) is 0.730. The van der Waals surface area contributed by atoms with Gasteiger partial charge < -0.3 is 10.7 Å². The van der Waals surface area contributed by atoms with Crippen molar-refractivity contribution in [1.29, 1.82) is 0 Å². The zero-order valence-corrected chi connectivity index (χ0v) is 15.4. The number of allylic oxidation sites excluding steroid dienone is 3. The number of hydrogen-bond acceptors (Lipinski definition) is 4. The van der Waals surface area contributed by atoms with Crippen molar-refractivity contribution < 1.29 is 0 Å². The van der Waals surface area contributed by atoms with Crippen molar-refractivity contribution in [3.63, 3.8) is 0 Å². The van der Waals surface area contributed by atoms with Crippen LogP contribution in [0.5, 0.6) is 0 Å². The quantitative estimate of drug-likeness (QED) is 0.823. The summed E-state index contributed by atoms with van der Waals surface area (Å²) in [6.45, 7) is 10.1. The molecule has 24 heavy (non-hydrogen) atoms. The molecule has 4 nitrogen and oxygen atoms in total. The smallest absolute Gasteiger partial charge is 0.268 e. The van der Waals surface area contributed by atoms with Crippen molar-refractivity contribution >= 4 is 27.1 Å². The molecule has 3 N–H and O–H groups in total. The van der Waals surface area contributed by atoms with Gasteiger partial charge in [-0.1, -0.05) is 38.0 Å². The average molecular weight is 343 g/mol. The molecule has 0 spiro atoms. The van der Waals surface area contributed by atoms with Crippen LogP contribution in [0, 0.1) is 0 Å². The van der Waals surface area contributed by atoms with Crippen LogP contribution in [-0.2, 0) is 5.41 Å². The van der Waals surface area contributed by atoms with E-state index in [1.807, 2.05) is 26.0 Å². The highest BCUT2D eigenvalue weighted by Gasteiger charge is 2.38. The highest BCUT2D eigenvalue weighted by Crippen LogP contribution is 2.37. The fourth-order valence-corrected chi connectivity index (χ4v) is 4.69. The van der Waals surface area contributed by atoms with E-state index in [1.54, 1.807) is 0 Å². The molecule has 0 radical (unpaired) electrons. The molecule has 2 aromatic heterocycles. The third-order valence-electron chi connectivity index (χ3n) is 5.21. The lowest BCUT2D eigenvalue weighted by atomic mass is 9.71. The van der Waals surface area contributed by atoms with Gasteiger partial charge in [0.05, 0.1) is 5.52 Å². The Morgan fingerprint density at radius 2 is 2.25 bits per heavy atom. The van der Waals surface area contributed by atoms with Gasteiger partial charge in [0.2, 0.25) is 0 Å². The van der Waals surface area contributed by atoms with Gasteiger partial charge in [0.15, 0.2) is 0 Å². The van der Waals surface area contributed by atoms with Gasteiger partial charge in [0.1, 0.15) is 10.5 Å². The van der Waals surface area contributed by atoms with Crippen LogP contribution >= 0.6 is 11.3 Å². The molecule has 1 aliphatic rings. The second-order valence-electron chi connectivity index (χ2n) is 7.13. The second kappa shape index (κ2) is 6.30. The minimum atomic E-state index is -0.258. The molecule has 0 bridgehead atoms. The molecular formula is C19H25N3OS. The molecule has 1 fully saturated rings. The van der Waals surface area contributed by atoms with E-state index in [9.17, 15) is 4.79 Å². The van der Waals surface area contributed by atoms with Crippen LogP contribution in [-0.4, -0.2) is 16.0 Å². The molecule has 3 rings (SSSR count). The summed E-state index contributed by atoms with van der Waals surface area (Å²) >= 11 is 1.47. The van der Waals surface area contributed by atoms with Crippen molar-refractivity contribution in [1.82, 2.24) is 9.97 Å². The summed E-state index contributed by atoms with van der Waals surface area (Å²) in [5.41, 5.74) is 9.05. The maximum Gasteiger partial charge on any atom is 0.268 e. The molecule has 0 saturated heterocycles. The SMILES string of the molecule is C=CC(=C(C)C)c1cc2nc([C@@]3(C)CCCC[C@@H]3N)[nH]c(=O)c2s1. The summed E-state index contributed by atoms with van der Waals surface area (Å²) in [6.07, 6.45) is 6.05. The minimum absolute atomic E-state index is 0.0338. The predicted molar refractivity (Wildman–Crippen MR) is 103 cm³/mol. The number of hydrogen-bond donors (Lipinski definition) is 2. The first-order chi connectivity index (χ1) is 11.4. The lowest BCUT2D eigenvalue weighted by molar-refractivity contribution is 0.259. The maximum atomic E-state index is 12.6. The van der Waals surface area contributed by atoms with E-state index in [4.69, 9.17) is 10.7 Å². The van der Waals surface area contributed by atoms with Gasteiger partial charge in [-0.15, -0.1) is 11.3 Å². The molecule has 128 valence electrons. The Bertz CT molecular complexity index is 872. The number of thiophene rings is 1. The van der Waals surface area contributed by atoms with Gasteiger partial charge in [-0.2, -0.15) is 0 Å². The Balaban J connectivity index is 2.16. The molecule has 2 heterocycles. The van der Waals surface area contributed by atoms with Crippen LogP contribution in [0.25, 0.3) is 15.8 Å². The van der Waals surface area contributed by atoms with E-state index in [1.165, 1.54) is 16.9 Å². The molecule has 1 aliphatic carbocycles. The standard InChI is InChI=1S/C19H25N3OS/c1-5-12(11(2)3)14-10-13-16(24-14)17(23)22-18(21-13)19(4)9-7-6-8-15(19)20/h5,10,15H,1,6-9,20H2,2-4H3,(H,21,22,23)/t15-,19-/m0/s1. The third kappa shape index (κ3) is 2.76. The molecule has 2 aromatic rings. The fourth-order valence-electron chi connectivity index (χ4n) is 3.55. The first-order valence-corrected chi connectivity index (χ1v) is 9.28. The Morgan fingerprint density at radius 1 is 1.50 bits per heavy atom. The van der Waals surface area contributed by atoms with Crippen molar-refractivity contribution in [3.05, 3.63) is 45.3 Å². The van der Waals surface area contributed by atoms with Crippen LogP contribution in [0.1, 0.15) is 57.2 Å². The van der Waals surface area contributed by atoms with E-state index in [2.05, 4.69) is 18.5 Å². The lowest BCUT2D eigenvalue weighted by Gasteiger charge is -2.38. The summed E-state index contributed by atoms with van der Waals surface area (Å²) in [5, 5.41) is 0. The number of nitrogens with two attached hydrogens (primary N) is 1. The van der Waals surface area contributed by atoms with Crippen molar-refractivity contribution in [2.75, 3.05) is 0 Å². The van der Waals surface area contributed by atoms with Crippen LogP contribution in [0.15, 0.2) is 29.1 Å². The molecule has 2 atom stereocenters. The van der Waals surface area contributed by atoms with E-state index < -0.39 is 0 Å². The summed E-state index contributed by atoms with van der Waals surface area (Å²) in [6, 6.07) is 2.03. The molecule has 0 amide bonds. The monoisotopic (exact) mass is 343 g/mol. The number of nitrogens with one attached hydrogen (secondary N) is 1. The number of nitrogens with zero attached hydrogens (tertiary/aromatic N) is 1. The van der Waals surface area contributed by atoms with Crippen molar-refractivity contribution in [2.45, 2.75) is 57.9 Å². The van der Waals surface area contributed by atoms with Crippen LogP contribution in [0.3, 0.4) is 0 Å². The fraction of sp³-hybridized carbons (Fsp3) is 0.474. The molecule has 0 aromatic carbocycles. The Labute approximate surface area is 146 Å². The number of H-pyrrole nitrogens is 1. The second-order valence-corrected chi connectivity index (χ2v) is 8.18. The summed E-state index contributed by atoms with van der Waals surface area (Å²) in [7, 11) is 0. The number of aromatic nitrogens is 2. The van der Waals surface area contributed by atoms with Gasteiger partial charge in [-0.05, 0) is 38.3 Å². The summed E-state index contributed by atoms with van der Waals surface area (Å²) < 4.78 is 0.669. The first kappa shape index (κ1) is 17.1. The van der Waals surface area contributed by atoms with Crippen LogP contribution < -0.4 is 11.3 Å². The van der Waals surface area contributed by atoms with Gasteiger partial charge >= 0.3 is 0 Å². The zero-order chi connectivity index (χ0) is 17.5. The number of aromatic amines is 1. The van der Waals surface area contributed by atoms with E-state index in [0.29, 0.717) is 4.70 Å². The predicted octanol–water partition coefficient (Wildman–Crippen LogP) is 4.12. The average Bonchev–Trinajstić information content (AvgIpc) is 2.95.